The Bertz CT molecular complexity index is 738. The number of carbonyl (C=O) groups excluding carboxylic acids is 1. The summed E-state index contributed by atoms with van der Waals surface area (Å²) in [5, 5.41) is 18.7. The number of rotatable bonds is 4. The minimum Gasteiger partial charge on any atom is -0.471 e. The van der Waals surface area contributed by atoms with Crippen molar-refractivity contribution in [2.24, 2.45) is 0 Å². The van der Waals surface area contributed by atoms with Gasteiger partial charge in [0.15, 0.2) is 0 Å². The summed E-state index contributed by atoms with van der Waals surface area (Å²) in [6.07, 6.45) is 2.90. The normalized spacial score (nSPS) is 17.3. The van der Waals surface area contributed by atoms with E-state index in [1.54, 1.807) is 35.4 Å². The molecule has 0 bridgehead atoms. The number of hydrogen-bond donors (Lipinski definition) is 0. The maximum absolute atomic E-state index is 12.7. The number of nitro benzene ring substituents is 1. The molecule has 1 aliphatic heterocycles. The van der Waals surface area contributed by atoms with Crippen LogP contribution in [0, 0.1) is 10.1 Å². The number of ether oxygens (including phenoxy) is 1. The average Bonchev–Trinajstić information content (AvgIpc) is 2.62. The molecule has 24 heavy (non-hydrogen) atoms. The molecule has 1 unspecified atom stereocenters. The Balaban J connectivity index is 1.73. The molecular formula is C16H16N4O4. The first-order valence-electron chi connectivity index (χ1n) is 7.62. The fraction of sp³-hybridized carbons (Fsp3) is 0.312. The summed E-state index contributed by atoms with van der Waals surface area (Å²) in [6.45, 7) is 0.909. The van der Waals surface area contributed by atoms with Gasteiger partial charge in [-0.05, 0) is 25.0 Å². The number of nitrogens with zero attached hydrogens (tertiary/aromatic N) is 4. The van der Waals surface area contributed by atoms with Crippen molar-refractivity contribution >= 4 is 11.6 Å². The lowest BCUT2D eigenvalue weighted by atomic mass is 10.1. The third-order valence-corrected chi connectivity index (χ3v) is 3.83. The van der Waals surface area contributed by atoms with Gasteiger partial charge in [0.05, 0.1) is 11.5 Å². The number of aromatic nitrogens is 2. The van der Waals surface area contributed by atoms with Crippen molar-refractivity contribution in [1.29, 1.82) is 0 Å². The number of piperidine rings is 1. The Morgan fingerprint density at radius 2 is 2.12 bits per heavy atom. The van der Waals surface area contributed by atoms with Crippen LogP contribution >= 0.6 is 0 Å². The molecule has 1 aromatic carbocycles. The highest BCUT2D eigenvalue weighted by Crippen LogP contribution is 2.23. The smallest absolute Gasteiger partial charge is 0.282 e. The molecular weight excluding hydrogens is 312 g/mol. The van der Waals surface area contributed by atoms with E-state index in [2.05, 4.69) is 10.2 Å². The summed E-state index contributed by atoms with van der Waals surface area (Å²) in [5.41, 5.74) is -0.0814. The van der Waals surface area contributed by atoms with E-state index in [1.165, 1.54) is 12.1 Å². The lowest BCUT2D eigenvalue weighted by molar-refractivity contribution is -0.385. The monoisotopic (exact) mass is 328 g/mol. The van der Waals surface area contributed by atoms with Gasteiger partial charge < -0.3 is 9.64 Å². The minimum atomic E-state index is -0.537. The van der Waals surface area contributed by atoms with E-state index in [1.807, 2.05) is 0 Å². The van der Waals surface area contributed by atoms with E-state index < -0.39 is 4.92 Å². The lowest BCUT2D eigenvalue weighted by Crippen LogP contribution is -2.44. The molecule has 1 aromatic heterocycles. The molecule has 1 aliphatic rings. The average molecular weight is 328 g/mol. The van der Waals surface area contributed by atoms with Crippen molar-refractivity contribution in [1.82, 2.24) is 15.1 Å². The van der Waals surface area contributed by atoms with Crippen molar-refractivity contribution in [2.75, 3.05) is 13.1 Å². The Morgan fingerprint density at radius 3 is 2.88 bits per heavy atom. The molecule has 1 saturated heterocycles. The van der Waals surface area contributed by atoms with E-state index in [0.717, 1.165) is 12.8 Å². The number of likely N-dealkylation sites (tertiary alicyclic amines) is 1. The van der Waals surface area contributed by atoms with E-state index in [4.69, 9.17) is 4.74 Å². The molecule has 0 spiro atoms. The zero-order valence-electron chi connectivity index (χ0n) is 12.9. The highest BCUT2D eigenvalue weighted by molar-refractivity contribution is 5.98. The molecule has 8 nitrogen and oxygen atoms in total. The van der Waals surface area contributed by atoms with E-state index in [0.29, 0.717) is 19.0 Å². The molecule has 124 valence electrons. The predicted octanol–water partition coefficient (Wildman–Crippen LogP) is 2.07. The first kappa shape index (κ1) is 15.9. The highest BCUT2D eigenvalue weighted by atomic mass is 16.6. The van der Waals surface area contributed by atoms with Crippen molar-refractivity contribution in [3.8, 4) is 5.88 Å². The molecule has 2 heterocycles. The Morgan fingerprint density at radius 1 is 1.29 bits per heavy atom. The summed E-state index contributed by atoms with van der Waals surface area (Å²) >= 11 is 0. The van der Waals surface area contributed by atoms with Crippen LogP contribution in [0.15, 0.2) is 42.6 Å². The van der Waals surface area contributed by atoms with Crippen molar-refractivity contribution in [3.05, 3.63) is 58.3 Å². The summed E-state index contributed by atoms with van der Waals surface area (Å²) in [4.78, 5) is 24.8. The molecule has 1 atom stereocenters. The predicted molar refractivity (Wildman–Crippen MR) is 84.7 cm³/mol. The van der Waals surface area contributed by atoms with Crippen LogP contribution in [0.4, 0.5) is 5.69 Å². The SMILES string of the molecule is O=C(c1ccccc1[N+](=O)[O-])N1CCCC(Oc2cccnn2)C1. The highest BCUT2D eigenvalue weighted by Gasteiger charge is 2.29. The van der Waals surface area contributed by atoms with Crippen LogP contribution < -0.4 is 4.74 Å². The van der Waals surface area contributed by atoms with Crippen LogP contribution in [0.5, 0.6) is 5.88 Å². The first-order chi connectivity index (χ1) is 11.6. The molecule has 2 aromatic rings. The number of hydrogen-bond acceptors (Lipinski definition) is 6. The zero-order valence-corrected chi connectivity index (χ0v) is 12.9. The van der Waals surface area contributed by atoms with Gasteiger partial charge in [0.2, 0.25) is 5.88 Å². The Kier molecular flexibility index (Phi) is 4.64. The second-order valence-corrected chi connectivity index (χ2v) is 5.47. The molecule has 1 fully saturated rings. The fourth-order valence-electron chi connectivity index (χ4n) is 2.72. The van der Waals surface area contributed by atoms with Crippen LogP contribution in [-0.2, 0) is 0 Å². The second kappa shape index (κ2) is 7.03. The molecule has 1 amide bonds. The van der Waals surface area contributed by atoms with Gasteiger partial charge in [0.25, 0.3) is 11.6 Å². The van der Waals surface area contributed by atoms with Crippen LogP contribution in [0.25, 0.3) is 0 Å². The van der Waals surface area contributed by atoms with Crippen LogP contribution in [0.1, 0.15) is 23.2 Å². The van der Waals surface area contributed by atoms with Crippen molar-refractivity contribution in [3.63, 3.8) is 0 Å². The van der Waals surface area contributed by atoms with E-state index >= 15 is 0 Å². The van der Waals surface area contributed by atoms with E-state index in [9.17, 15) is 14.9 Å². The molecule has 0 saturated carbocycles. The number of benzene rings is 1. The van der Waals surface area contributed by atoms with Gasteiger partial charge in [0, 0.05) is 24.9 Å². The van der Waals surface area contributed by atoms with E-state index in [-0.39, 0.29) is 23.3 Å². The number of amides is 1. The second-order valence-electron chi connectivity index (χ2n) is 5.47. The standard InChI is InChI=1S/C16H16N4O4/c21-16(13-6-1-2-7-14(13)20(22)23)19-10-4-5-12(11-19)24-15-8-3-9-17-18-15/h1-3,6-9,12H,4-5,10-11H2. The van der Waals surface area contributed by atoms with Crippen LogP contribution in [0.3, 0.4) is 0 Å². The van der Waals surface area contributed by atoms with Crippen molar-refractivity contribution in [2.45, 2.75) is 18.9 Å². The number of carbonyl (C=O) groups is 1. The molecule has 0 aliphatic carbocycles. The van der Waals surface area contributed by atoms with Crippen LogP contribution in [0.2, 0.25) is 0 Å². The molecule has 8 heteroatoms. The van der Waals surface area contributed by atoms with Gasteiger partial charge in [-0.2, -0.15) is 5.10 Å². The maximum Gasteiger partial charge on any atom is 0.282 e. The Hall–Kier alpha value is -3.03. The third kappa shape index (κ3) is 3.48. The third-order valence-electron chi connectivity index (χ3n) is 3.83. The Labute approximate surface area is 138 Å². The maximum atomic E-state index is 12.7. The summed E-state index contributed by atoms with van der Waals surface area (Å²) in [5.74, 6) is 0.0530. The summed E-state index contributed by atoms with van der Waals surface area (Å²) in [7, 11) is 0. The van der Waals surface area contributed by atoms with Gasteiger partial charge in [0.1, 0.15) is 11.7 Å². The summed E-state index contributed by atoms with van der Waals surface area (Å²) < 4.78 is 5.75. The number of para-hydroxylation sites is 1. The molecule has 0 radical (unpaired) electrons. The lowest BCUT2D eigenvalue weighted by Gasteiger charge is -2.32. The van der Waals surface area contributed by atoms with Gasteiger partial charge >= 0.3 is 0 Å². The van der Waals surface area contributed by atoms with Gasteiger partial charge in [-0.25, -0.2) is 0 Å². The molecule has 3 rings (SSSR count). The largest absolute Gasteiger partial charge is 0.471 e. The summed E-state index contributed by atoms with van der Waals surface area (Å²) in [6, 6.07) is 9.42. The van der Waals surface area contributed by atoms with Crippen molar-refractivity contribution < 1.29 is 14.5 Å². The molecule has 0 N–H and O–H groups in total. The number of nitro groups is 1. The zero-order chi connectivity index (χ0) is 16.9. The quantitative estimate of drug-likeness (QED) is 0.629. The topological polar surface area (TPSA) is 98.5 Å². The first-order valence-corrected chi connectivity index (χ1v) is 7.62. The minimum absolute atomic E-state index is 0.0997. The van der Waals surface area contributed by atoms with Gasteiger partial charge in [-0.15, -0.1) is 5.10 Å². The fourth-order valence-corrected chi connectivity index (χ4v) is 2.72. The van der Waals surface area contributed by atoms with Gasteiger partial charge in [-0.3, -0.25) is 14.9 Å². The van der Waals surface area contributed by atoms with Crippen LogP contribution in [-0.4, -0.2) is 45.1 Å². The van der Waals surface area contributed by atoms with Gasteiger partial charge in [-0.1, -0.05) is 12.1 Å².